The largest absolute Gasteiger partial charge is 0.494 e. The van der Waals surface area contributed by atoms with Crippen LogP contribution >= 0.6 is 11.6 Å². The lowest BCUT2D eigenvalue weighted by atomic mass is 10.1. The monoisotopic (exact) mass is 304 g/mol. The summed E-state index contributed by atoms with van der Waals surface area (Å²) in [7, 11) is 0. The lowest BCUT2D eigenvalue weighted by Crippen LogP contribution is -2.14. The number of carbonyl (C=O) groups excluding carboxylic acids is 1. The van der Waals surface area contributed by atoms with E-state index in [9.17, 15) is 4.79 Å². The van der Waals surface area contributed by atoms with Crippen molar-refractivity contribution in [3.8, 4) is 5.75 Å². The summed E-state index contributed by atoms with van der Waals surface area (Å²) in [6, 6.07) is 7.19. The SMILES string of the molecule is CCOc1ccc(NC(=O)c2cnc(C)cc2Cl)c(C)c1. The van der Waals surface area contributed by atoms with Crippen molar-refractivity contribution < 1.29 is 9.53 Å². The minimum absolute atomic E-state index is 0.278. The highest BCUT2D eigenvalue weighted by atomic mass is 35.5. The number of aryl methyl sites for hydroxylation is 2. The number of rotatable bonds is 4. The zero-order valence-corrected chi connectivity index (χ0v) is 13.0. The van der Waals surface area contributed by atoms with Gasteiger partial charge < -0.3 is 10.1 Å². The molecule has 0 fully saturated rings. The molecule has 0 aliphatic rings. The van der Waals surface area contributed by atoms with E-state index >= 15 is 0 Å². The summed E-state index contributed by atoms with van der Waals surface area (Å²) in [6.07, 6.45) is 1.48. The number of hydrogen-bond acceptors (Lipinski definition) is 3. The van der Waals surface area contributed by atoms with E-state index in [1.807, 2.05) is 39.0 Å². The summed E-state index contributed by atoms with van der Waals surface area (Å²) in [5.74, 6) is 0.503. The smallest absolute Gasteiger partial charge is 0.258 e. The number of hydrogen-bond donors (Lipinski definition) is 1. The molecule has 1 amide bonds. The van der Waals surface area contributed by atoms with Gasteiger partial charge in [-0.3, -0.25) is 9.78 Å². The van der Waals surface area contributed by atoms with Gasteiger partial charge in [-0.2, -0.15) is 0 Å². The maximum atomic E-state index is 12.2. The van der Waals surface area contributed by atoms with Crippen LogP contribution in [-0.4, -0.2) is 17.5 Å². The van der Waals surface area contributed by atoms with Crippen LogP contribution in [0.1, 0.15) is 28.5 Å². The van der Waals surface area contributed by atoms with Crippen LogP contribution in [-0.2, 0) is 0 Å². The van der Waals surface area contributed by atoms with Crippen LogP contribution < -0.4 is 10.1 Å². The van der Waals surface area contributed by atoms with Gasteiger partial charge in [-0.25, -0.2) is 0 Å². The summed E-state index contributed by atoms with van der Waals surface area (Å²) in [6.45, 7) is 6.27. The minimum atomic E-state index is -0.278. The predicted octanol–water partition coefficient (Wildman–Crippen LogP) is 4.00. The minimum Gasteiger partial charge on any atom is -0.494 e. The Morgan fingerprint density at radius 2 is 2.10 bits per heavy atom. The van der Waals surface area contributed by atoms with Crippen molar-refractivity contribution in [3.05, 3.63) is 52.3 Å². The van der Waals surface area contributed by atoms with Gasteiger partial charge in [0.15, 0.2) is 0 Å². The van der Waals surface area contributed by atoms with Crippen molar-refractivity contribution in [2.45, 2.75) is 20.8 Å². The summed E-state index contributed by atoms with van der Waals surface area (Å²) >= 11 is 6.08. The molecule has 0 radical (unpaired) electrons. The van der Waals surface area contributed by atoms with Gasteiger partial charge in [0, 0.05) is 17.6 Å². The van der Waals surface area contributed by atoms with E-state index in [1.165, 1.54) is 6.20 Å². The fourth-order valence-corrected chi connectivity index (χ4v) is 2.21. The van der Waals surface area contributed by atoms with Gasteiger partial charge in [-0.1, -0.05) is 11.6 Å². The topological polar surface area (TPSA) is 51.2 Å². The number of pyridine rings is 1. The molecule has 0 bridgehead atoms. The molecule has 0 atom stereocenters. The molecule has 0 spiro atoms. The van der Waals surface area contributed by atoms with Crippen molar-refractivity contribution >= 4 is 23.2 Å². The van der Waals surface area contributed by atoms with Crippen molar-refractivity contribution in [1.82, 2.24) is 4.98 Å². The highest BCUT2D eigenvalue weighted by Crippen LogP contribution is 2.23. The number of benzene rings is 1. The molecule has 1 aromatic carbocycles. The normalized spacial score (nSPS) is 10.3. The molecule has 4 nitrogen and oxygen atoms in total. The fourth-order valence-electron chi connectivity index (χ4n) is 1.92. The van der Waals surface area contributed by atoms with Gasteiger partial charge in [0.25, 0.3) is 5.91 Å². The first-order valence-corrected chi connectivity index (χ1v) is 7.06. The first-order valence-electron chi connectivity index (χ1n) is 6.68. The van der Waals surface area contributed by atoms with E-state index in [2.05, 4.69) is 10.3 Å². The number of ether oxygens (including phenoxy) is 1. The van der Waals surface area contributed by atoms with Gasteiger partial charge in [-0.05, 0) is 50.6 Å². The molecule has 0 unspecified atom stereocenters. The average molecular weight is 305 g/mol. The lowest BCUT2D eigenvalue weighted by molar-refractivity contribution is 0.102. The molecule has 0 saturated carbocycles. The standard InChI is InChI=1S/C16H17ClN2O2/c1-4-21-12-5-6-15(10(2)7-12)19-16(20)13-9-18-11(3)8-14(13)17/h5-9H,4H2,1-3H3,(H,19,20). The molecule has 1 N–H and O–H groups in total. The maximum absolute atomic E-state index is 12.2. The van der Waals surface area contributed by atoms with E-state index in [1.54, 1.807) is 6.07 Å². The van der Waals surface area contributed by atoms with E-state index in [0.29, 0.717) is 17.2 Å². The molecule has 2 rings (SSSR count). The first-order chi connectivity index (χ1) is 10.0. The molecular weight excluding hydrogens is 288 g/mol. The second-order valence-electron chi connectivity index (χ2n) is 4.67. The van der Waals surface area contributed by atoms with E-state index in [4.69, 9.17) is 16.3 Å². The number of carbonyl (C=O) groups is 1. The van der Waals surface area contributed by atoms with E-state index in [0.717, 1.165) is 22.7 Å². The zero-order valence-electron chi connectivity index (χ0n) is 12.2. The Balaban J connectivity index is 2.19. The number of anilines is 1. The average Bonchev–Trinajstić information content (AvgIpc) is 2.42. The molecule has 1 aromatic heterocycles. The molecule has 110 valence electrons. The van der Waals surface area contributed by atoms with E-state index < -0.39 is 0 Å². The van der Waals surface area contributed by atoms with Crippen molar-refractivity contribution in [1.29, 1.82) is 0 Å². The summed E-state index contributed by atoms with van der Waals surface area (Å²) < 4.78 is 5.42. The Labute approximate surface area is 129 Å². The molecule has 0 saturated heterocycles. The zero-order chi connectivity index (χ0) is 15.4. The molecule has 0 aliphatic carbocycles. The van der Waals surface area contributed by atoms with Gasteiger partial charge in [-0.15, -0.1) is 0 Å². The Bertz CT molecular complexity index is 671. The van der Waals surface area contributed by atoms with Gasteiger partial charge in [0.1, 0.15) is 5.75 Å². The Morgan fingerprint density at radius 3 is 2.71 bits per heavy atom. The predicted molar refractivity (Wildman–Crippen MR) is 84.3 cm³/mol. The van der Waals surface area contributed by atoms with Crippen LogP contribution in [0.25, 0.3) is 0 Å². The third kappa shape index (κ3) is 3.73. The van der Waals surface area contributed by atoms with Crippen molar-refractivity contribution in [2.24, 2.45) is 0 Å². The summed E-state index contributed by atoms with van der Waals surface area (Å²) in [5.41, 5.74) is 2.77. The summed E-state index contributed by atoms with van der Waals surface area (Å²) in [5, 5.41) is 3.23. The van der Waals surface area contributed by atoms with Crippen LogP contribution in [0.2, 0.25) is 5.02 Å². The Morgan fingerprint density at radius 1 is 1.33 bits per heavy atom. The lowest BCUT2D eigenvalue weighted by Gasteiger charge is -2.11. The number of nitrogens with zero attached hydrogens (tertiary/aromatic N) is 1. The van der Waals surface area contributed by atoms with Crippen LogP contribution in [0.15, 0.2) is 30.5 Å². The number of halogens is 1. The highest BCUT2D eigenvalue weighted by molar-refractivity contribution is 6.34. The molecule has 0 aliphatic heterocycles. The van der Waals surface area contributed by atoms with Crippen LogP contribution in [0.3, 0.4) is 0 Å². The highest BCUT2D eigenvalue weighted by Gasteiger charge is 2.12. The number of amides is 1. The molecule has 5 heteroatoms. The third-order valence-electron chi connectivity index (χ3n) is 2.99. The number of aromatic nitrogens is 1. The molecular formula is C16H17ClN2O2. The van der Waals surface area contributed by atoms with Gasteiger partial charge in [0.05, 0.1) is 17.2 Å². The van der Waals surface area contributed by atoms with Crippen LogP contribution in [0, 0.1) is 13.8 Å². The number of nitrogens with one attached hydrogen (secondary N) is 1. The second-order valence-corrected chi connectivity index (χ2v) is 5.08. The maximum Gasteiger partial charge on any atom is 0.258 e. The molecule has 2 aromatic rings. The van der Waals surface area contributed by atoms with Crippen molar-refractivity contribution in [2.75, 3.05) is 11.9 Å². The quantitative estimate of drug-likeness (QED) is 0.928. The summed E-state index contributed by atoms with van der Waals surface area (Å²) in [4.78, 5) is 16.3. The fraction of sp³-hybridized carbons (Fsp3) is 0.250. The molecule has 21 heavy (non-hydrogen) atoms. The molecule has 1 heterocycles. The Hall–Kier alpha value is -2.07. The van der Waals surface area contributed by atoms with Gasteiger partial charge >= 0.3 is 0 Å². The second kappa shape index (κ2) is 6.59. The Kier molecular flexibility index (Phi) is 4.81. The first kappa shape index (κ1) is 15.3. The van der Waals surface area contributed by atoms with Crippen molar-refractivity contribution in [3.63, 3.8) is 0 Å². The van der Waals surface area contributed by atoms with Crippen LogP contribution in [0.5, 0.6) is 5.75 Å². The van der Waals surface area contributed by atoms with Gasteiger partial charge in [0.2, 0.25) is 0 Å². The van der Waals surface area contributed by atoms with Crippen LogP contribution in [0.4, 0.5) is 5.69 Å². The van der Waals surface area contributed by atoms with E-state index in [-0.39, 0.29) is 5.91 Å². The third-order valence-corrected chi connectivity index (χ3v) is 3.30.